The molecular weight excluding hydrogens is 394 g/mol. The molecule has 1 aromatic carbocycles. The average Bonchev–Trinajstić information content (AvgIpc) is 3.14. The Morgan fingerprint density at radius 3 is 2.89 bits per heavy atom. The number of anilines is 2. The molecule has 0 fully saturated rings. The van der Waals surface area contributed by atoms with Crippen molar-refractivity contribution >= 4 is 39.6 Å². The Morgan fingerprint density at radius 2 is 2.04 bits per heavy atom. The molecular formula is C19H17N5O2S2. The molecule has 0 radical (unpaired) electrons. The highest BCUT2D eigenvalue weighted by molar-refractivity contribution is 8.00. The van der Waals surface area contributed by atoms with Crippen LogP contribution in [0.3, 0.4) is 0 Å². The average molecular weight is 412 g/mol. The second kappa shape index (κ2) is 7.99. The molecule has 0 aliphatic heterocycles. The number of pyridine rings is 1. The molecule has 7 nitrogen and oxygen atoms in total. The van der Waals surface area contributed by atoms with Gasteiger partial charge in [-0.2, -0.15) is 0 Å². The molecule has 3 aromatic heterocycles. The molecule has 0 saturated heterocycles. The summed E-state index contributed by atoms with van der Waals surface area (Å²) in [6.07, 6.45) is 0. The van der Waals surface area contributed by atoms with Crippen molar-refractivity contribution in [2.24, 2.45) is 0 Å². The normalized spacial score (nSPS) is 10.9. The van der Waals surface area contributed by atoms with E-state index in [1.807, 2.05) is 49.4 Å². The van der Waals surface area contributed by atoms with Gasteiger partial charge in [-0.3, -0.25) is 9.20 Å². The van der Waals surface area contributed by atoms with Crippen molar-refractivity contribution in [2.75, 3.05) is 12.4 Å². The van der Waals surface area contributed by atoms with E-state index < -0.39 is 0 Å². The van der Waals surface area contributed by atoms with Gasteiger partial charge in [-0.25, -0.2) is 4.98 Å². The van der Waals surface area contributed by atoms with E-state index >= 15 is 0 Å². The summed E-state index contributed by atoms with van der Waals surface area (Å²) in [5.74, 6) is 1.28. The zero-order valence-corrected chi connectivity index (χ0v) is 16.9. The summed E-state index contributed by atoms with van der Waals surface area (Å²) in [5.41, 5.74) is 2.99. The molecule has 0 aliphatic rings. The minimum atomic E-state index is -0.0745. The fourth-order valence-electron chi connectivity index (χ4n) is 2.76. The molecule has 0 spiro atoms. The number of thioether (sulfide) groups is 1. The number of hydrogen-bond acceptors (Lipinski definition) is 8. The van der Waals surface area contributed by atoms with Crippen LogP contribution in [0.5, 0.6) is 5.75 Å². The second-order valence-corrected chi connectivity index (χ2v) is 8.13. The number of hydrogen-bond donors (Lipinski definition) is 1. The third kappa shape index (κ3) is 3.85. The summed E-state index contributed by atoms with van der Waals surface area (Å²) in [4.78, 5) is 16.9. The number of methoxy groups -OCH3 is 1. The van der Waals surface area contributed by atoms with Gasteiger partial charge < -0.3 is 10.1 Å². The minimum absolute atomic E-state index is 0.0745. The van der Waals surface area contributed by atoms with Crippen LogP contribution in [0.1, 0.15) is 11.4 Å². The zero-order chi connectivity index (χ0) is 19.5. The van der Waals surface area contributed by atoms with Gasteiger partial charge in [-0.1, -0.05) is 41.3 Å². The number of nitrogens with one attached hydrogen (secondary N) is 1. The molecule has 9 heteroatoms. The van der Waals surface area contributed by atoms with Gasteiger partial charge in [0.2, 0.25) is 5.13 Å². The van der Waals surface area contributed by atoms with E-state index in [1.54, 1.807) is 17.6 Å². The molecule has 4 rings (SSSR count). The molecule has 1 N–H and O–H groups in total. The van der Waals surface area contributed by atoms with Crippen LogP contribution in [0.2, 0.25) is 0 Å². The number of aromatic nitrogens is 4. The standard InChI is InChI=1S/C19H17N5O2S2/c1-12-6-5-9-16-20-13(10-17(25)24(12)16)11-27-19-23-22-18(28-19)21-14-7-3-4-8-15(14)26-2/h3-10H,11H2,1-2H3,(H,21,22). The Bertz CT molecular complexity index is 1190. The maximum Gasteiger partial charge on any atom is 0.258 e. The molecule has 4 aromatic rings. The number of rotatable bonds is 6. The third-order valence-electron chi connectivity index (χ3n) is 4.03. The summed E-state index contributed by atoms with van der Waals surface area (Å²) < 4.78 is 7.73. The van der Waals surface area contributed by atoms with Crippen molar-refractivity contribution in [1.82, 2.24) is 19.6 Å². The van der Waals surface area contributed by atoms with E-state index in [-0.39, 0.29) is 5.56 Å². The van der Waals surface area contributed by atoms with E-state index in [4.69, 9.17) is 4.74 Å². The van der Waals surface area contributed by atoms with Gasteiger partial charge in [-0.15, -0.1) is 10.2 Å². The van der Waals surface area contributed by atoms with Gasteiger partial charge in [0.1, 0.15) is 11.4 Å². The summed E-state index contributed by atoms with van der Waals surface area (Å²) in [6.45, 7) is 1.89. The number of benzene rings is 1. The molecule has 3 heterocycles. The Hall–Kier alpha value is -2.91. The van der Waals surface area contributed by atoms with Crippen LogP contribution in [-0.2, 0) is 5.75 Å². The Morgan fingerprint density at radius 1 is 1.18 bits per heavy atom. The Labute approximate surface area is 169 Å². The topological polar surface area (TPSA) is 81.4 Å². The van der Waals surface area contributed by atoms with Gasteiger partial charge in [0.25, 0.3) is 5.56 Å². The van der Waals surface area contributed by atoms with Crippen molar-refractivity contribution in [2.45, 2.75) is 17.0 Å². The van der Waals surface area contributed by atoms with Crippen molar-refractivity contribution in [3.63, 3.8) is 0 Å². The quantitative estimate of drug-likeness (QED) is 0.482. The number of nitrogens with zero attached hydrogens (tertiary/aromatic N) is 4. The first-order valence-corrected chi connectivity index (χ1v) is 10.3. The van der Waals surface area contributed by atoms with Crippen LogP contribution < -0.4 is 15.6 Å². The summed E-state index contributed by atoms with van der Waals surface area (Å²) in [7, 11) is 1.63. The second-order valence-electron chi connectivity index (χ2n) is 5.93. The van der Waals surface area contributed by atoms with Crippen LogP contribution >= 0.6 is 23.1 Å². The Balaban J connectivity index is 1.48. The van der Waals surface area contributed by atoms with E-state index in [9.17, 15) is 4.79 Å². The molecule has 0 amide bonds. The highest BCUT2D eigenvalue weighted by atomic mass is 32.2. The lowest BCUT2D eigenvalue weighted by atomic mass is 10.3. The lowest BCUT2D eigenvalue weighted by molar-refractivity contribution is 0.417. The number of ether oxygens (including phenoxy) is 1. The third-order valence-corrected chi connectivity index (χ3v) is 6.04. The largest absolute Gasteiger partial charge is 0.495 e. The first kappa shape index (κ1) is 18.5. The lowest BCUT2D eigenvalue weighted by Gasteiger charge is -2.07. The van der Waals surface area contributed by atoms with Gasteiger partial charge in [0, 0.05) is 17.5 Å². The van der Waals surface area contributed by atoms with Gasteiger partial charge in [0.05, 0.1) is 18.5 Å². The zero-order valence-electron chi connectivity index (χ0n) is 15.2. The van der Waals surface area contributed by atoms with Crippen LogP contribution in [0.15, 0.2) is 57.7 Å². The van der Waals surface area contributed by atoms with Crippen LogP contribution in [0, 0.1) is 6.92 Å². The van der Waals surface area contributed by atoms with Crippen molar-refractivity contribution in [1.29, 1.82) is 0 Å². The van der Waals surface area contributed by atoms with Crippen molar-refractivity contribution in [3.05, 3.63) is 70.3 Å². The van der Waals surface area contributed by atoms with Gasteiger partial charge >= 0.3 is 0 Å². The number of fused-ring (bicyclic) bond motifs is 1. The monoisotopic (exact) mass is 411 g/mol. The number of aryl methyl sites for hydroxylation is 1. The maximum atomic E-state index is 12.4. The highest BCUT2D eigenvalue weighted by Gasteiger charge is 2.10. The summed E-state index contributed by atoms with van der Waals surface area (Å²) >= 11 is 2.94. The first-order valence-electron chi connectivity index (χ1n) is 8.49. The molecule has 0 unspecified atom stereocenters. The van der Waals surface area contributed by atoms with E-state index in [0.717, 1.165) is 27.2 Å². The predicted molar refractivity (Wildman–Crippen MR) is 112 cm³/mol. The minimum Gasteiger partial charge on any atom is -0.495 e. The van der Waals surface area contributed by atoms with Crippen molar-refractivity contribution in [3.8, 4) is 5.75 Å². The maximum absolute atomic E-state index is 12.4. The highest BCUT2D eigenvalue weighted by Crippen LogP contribution is 2.32. The van der Waals surface area contributed by atoms with Crippen molar-refractivity contribution < 1.29 is 4.74 Å². The SMILES string of the molecule is COc1ccccc1Nc1nnc(SCc2cc(=O)n3c(C)cccc3n2)s1. The van der Waals surface area contributed by atoms with Gasteiger partial charge in [-0.05, 0) is 31.2 Å². The molecule has 0 aliphatic carbocycles. The van der Waals surface area contributed by atoms with Crippen LogP contribution in [-0.4, -0.2) is 26.7 Å². The molecule has 28 heavy (non-hydrogen) atoms. The molecule has 142 valence electrons. The molecule has 0 bridgehead atoms. The van der Waals surface area contributed by atoms with E-state index in [2.05, 4.69) is 20.5 Å². The smallest absolute Gasteiger partial charge is 0.258 e. The summed E-state index contributed by atoms with van der Waals surface area (Å²) in [6, 6.07) is 14.8. The van der Waals surface area contributed by atoms with E-state index in [0.29, 0.717) is 16.5 Å². The number of para-hydroxylation sites is 2. The fourth-order valence-corrected chi connectivity index (χ4v) is 4.41. The lowest BCUT2D eigenvalue weighted by Crippen LogP contribution is -2.17. The fraction of sp³-hybridized carbons (Fsp3) is 0.158. The Kier molecular flexibility index (Phi) is 5.27. The van der Waals surface area contributed by atoms with Crippen LogP contribution in [0.4, 0.5) is 10.8 Å². The molecule has 0 atom stereocenters. The van der Waals surface area contributed by atoms with E-state index in [1.165, 1.54) is 23.1 Å². The predicted octanol–water partition coefficient (Wildman–Crippen LogP) is 3.90. The first-order chi connectivity index (χ1) is 13.6. The molecule has 0 saturated carbocycles. The van der Waals surface area contributed by atoms with Crippen LogP contribution in [0.25, 0.3) is 5.65 Å². The van der Waals surface area contributed by atoms with Gasteiger partial charge in [0.15, 0.2) is 4.34 Å². The summed E-state index contributed by atoms with van der Waals surface area (Å²) in [5, 5.41) is 12.3.